The van der Waals surface area contributed by atoms with Crippen LogP contribution in [-0.2, 0) is 9.53 Å². The predicted octanol–water partition coefficient (Wildman–Crippen LogP) is 2.80. The Balaban J connectivity index is 1.70. The molecule has 5 heteroatoms. The molecule has 0 saturated heterocycles. The van der Waals surface area contributed by atoms with Crippen LogP contribution in [0.5, 0.6) is 0 Å². The van der Waals surface area contributed by atoms with Gasteiger partial charge in [0.25, 0.3) is 6.43 Å². The first kappa shape index (κ1) is 15.2. The van der Waals surface area contributed by atoms with Gasteiger partial charge in [-0.15, -0.1) is 0 Å². The smallest absolute Gasteiger partial charge is 0.255 e. The number of amides is 1. The summed E-state index contributed by atoms with van der Waals surface area (Å²) >= 11 is 0. The molecule has 4 aliphatic carbocycles. The maximum absolute atomic E-state index is 12.8. The molecule has 0 aromatic carbocycles. The van der Waals surface area contributed by atoms with Crippen molar-refractivity contribution in [3.05, 3.63) is 0 Å². The van der Waals surface area contributed by atoms with Crippen LogP contribution in [0.15, 0.2) is 0 Å². The van der Waals surface area contributed by atoms with Gasteiger partial charge in [-0.1, -0.05) is 0 Å². The van der Waals surface area contributed by atoms with Crippen LogP contribution in [0.4, 0.5) is 8.78 Å². The Morgan fingerprint density at radius 1 is 1.14 bits per heavy atom. The Labute approximate surface area is 125 Å². The Morgan fingerprint density at radius 3 is 2.19 bits per heavy atom. The molecule has 0 aromatic rings. The van der Waals surface area contributed by atoms with Gasteiger partial charge in [-0.2, -0.15) is 0 Å². The van der Waals surface area contributed by atoms with Gasteiger partial charge >= 0.3 is 0 Å². The van der Waals surface area contributed by atoms with E-state index < -0.39 is 13.0 Å². The van der Waals surface area contributed by atoms with Crippen molar-refractivity contribution < 1.29 is 18.3 Å². The van der Waals surface area contributed by atoms with Crippen molar-refractivity contribution in [3.63, 3.8) is 0 Å². The molecule has 1 amide bonds. The van der Waals surface area contributed by atoms with E-state index in [1.54, 1.807) is 0 Å². The van der Waals surface area contributed by atoms with Gasteiger partial charge in [-0.3, -0.25) is 4.79 Å². The fourth-order valence-electron chi connectivity index (χ4n) is 5.20. The second-order valence-electron chi connectivity index (χ2n) is 7.12. The molecule has 0 N–H and O–H groups in total. The Kier molecular flexibility index (Phi) is 4.48. The number of carbonyl (C=O) groups excluding carboxylic acids is 1. The van der Waals surface area contributed by atoms with E-state index >= 15 is 0 Å². The average Bonchev–Trinajstić information content (AvgIpc) is 2.41. The maximum atomic E-state index is 12.8. The van der Waals surface area contributed by atoms with Gasteiger partial charge < -0.3 is 9.64 Å². The van der Waals surface area contributed by atoms with Crippen molar-refractivity contribution in [1.82, 2.24) is 4.90 Å². The van der Waals surface area contributed by atoms with Crippen LogP contribution < -0.4 is 0 Å². The van der Waals surface area contributed by atoms with E-state index in [1.807, 2.05) is 0 Å². The van der Waals surface area contributed by atoms with Crippen LogP contribution in [0.25, 0.3) is 0 Å². The van der Waals surface area contributed by atoms with Gasteiger partial charge in [0.1, 0.15) is 0 Å². The van der Waals surface area contributed by atoms with Crippen molar-refractivity contribution in [2.24, 2.45) is 29.6 Å². The SMILES string of the molecule is COCCN(CC(F)F)C(=O)C1C2CC3CC(C2)CC1C3. The summed E-state index contributed by atoms with van der Waals surface area (Å²) in [7, 11) is 1.54. The summed E-state index contributed by atoms with van der Waals surface area (Å²) in [4.78, 5) is 14.2. The highest BCUT2D eigenvalue weighted by molar-refractivity contribution is 5.80. The summed E-state index contributed by atoms with van der Waals surface area (Å²) in [5.41, 5.74) is 0. The number of alkyl halides is 2. The van der Waals surface area contributed by atoms with Crippen LogP contribution in [0.2, 0.25) is 0 Å². The quantitative estimate of drug-likeness (QED) is 0.755. The lowest BCUT2D eigenvalue weighted by Crippen LogP contribution is -2.53. The topological polar surface area (TPSA) is 29.5 Å². The van der Waals surface area contributed by atoms with Crippen LogP contribution >= 0.6 is 0 Å². The molecule has 3 nitrogen and oxygen atoms in total. The summed E-state index contributed by atoms with van der Waals surface area (Å²) in [6, 6.07) is 0. The first-order valence-electron chi connectivity index (χ1n) is 8.14. The first-order chi connectivity index (χ1) is 10.1. The molecule has 0 aliphatic heterocycles. The number of ether oxygens (including phenoxy) is 1. The van der Waals surface area contributed by atoms with Gasteiger partial charge in [0.15, 0.2) is 0 Å². The number of hydrogen-bond donors (Lipinski definition) is 0. The number of halogens is 2. The standard InChI is InChI=1S/C16H25F2NO2/c1-21-3-2-19(9-14(17)18)16(20)15-12-5-10-4-11(7-12)8-13(15)6-10/h10-15H,2-9H2,1H3. The number of methoxy groups -OCH3 is 1. The van der Waals surface area contributed by atoms with Gasteiger partial charge in [0.05, 0.1) is 13.2 Å². The second kappa shape index (κ2) is 6.19. The zero-order valence-electron chi connectivity index (χ0n) is 12.6. The molecule has 120 valence electrons. The van der Waals surface area contributed by atoms with Gasteiger partial charge in [0, 0.05) is 19.6 Å². The minimum atomic E-state index is -2.47. The van der Waals surface area contributed by atoms with Crippen molar-refractivity contribution >= 4 is 5.91 Å². The maximum Gasteiger partial charge on any atom is 0.255 e. The normalized spacial score (nSPS) is 37.2. The van der Waals surface area contributed by atoms with Crippen LogP contribution in [0.1, 0.15) is 32.1 Å². The zero-order valence-corrected chi connectivity index (χ0v) is 12.6. The molecule has 4 aliphatic rings. The summed E-state index contributed by atoms with van der Waals surface area (Å²) in [5, 5.41) is 0. The summed E-state index contributed by atoms with van der Waals surface area (Å²) in [6.45, 7) is 0.152. The Hall–Kier alpha value is -0.710. The third-order valence-corrected chi connectivity index (χ3v) is 5.75. The lowest BCUT2D eigenvalue weighted by molar-refractivity contribution is -0.151. The Morgan fingerprint density at radius 2 is 1.71 bits per heavy atom. The highest BCUT2D eigenvalue weighted by Gasteiger charge is 2.51. The molecule has 4 rings (SSSR count). The summed E-state index contributed by atoms with van der Waals surface area (Å²) in [6.07, 6.45) is 3.40. The fraction of sp³-hybridized carbons (Fsp3) is 0.938. The van der Waals surface area contributed by atoms with E-state index in [-0.39, 0.29) is 18.4 Å². The van der Waals surface area contributed by atoms with Gasteiger partial charge in [-0.05, 0) is 55.8 Å². The predicted molar refractivity (Wildman–Crippen MR) is 75.0 cm³/mol. The van der Waals surface area contributed by atoms with Crippen molar-refractivity contribution in [1.29, 1.82) is 0 Å². The van der Waals surface area contributed by atoms with Crippen LogP contribution in [0, 0.1) is 29.6 Å². The second-order valence-corrected chi connectivity index (χ2v) is 7.12. The van der Waals surface area contributed by atoms with Crippen molar-refractivity contribution in [3.8, 4) is 0 Å². The van der Waals surface area contributed by atoms with E-state index in [2.05, 4.69) is 0 Å². The third kappa shape index (κ3) is 3.08. The van der Waals surface area contributed by atoms with Gasteiger partial charge in [0.2, 0.25) is 5.91 Å². The zero-order chi connectivity index (χ0) is 15.0. The average molecular weight is 301 g/mol. The first-order valence-corrected chi connectivity index (χ1v) is 8.14. The van der Waals surface area contributed by atoms with E-state index in [4.69, 9.17) is 4.74 Å². The van der Waals surface area contributed by atoms with Crippen LogP contribution in [0.3, 0.4) is 0 Å². The summed E-state index contributed by atoms with van der Waals surface area (Å²) in [5.74, 6) is 2.42. The summed E-state index contributed by atoms with van der Waals surface area (Å²) < 4.78 is 30.5. The fourth-order valence-corrected chi connectivity index (χ4v) is 5.20. The van der Waals surface area contributed by atoms with Crippen LogP contribution in [-0.4, -0.2) is 44.0 Å². The Bertz CT molecular complexity index is 360. The molecule has 4 fully saturated rings. The molecule has 0 atom stereocenters. The van der Waals surface area contributed by atoms with Crippen molar-refractivity contribution in [2.45, 2.75) is 38.5 Å². The number of rotatable bonds is 6. The van der Waals surface area contributed by atoms with E-state index in [0.717, 1.165) is 37.5 Å². The van der Waals surface area contributed by atoms with E-state index in [9.17, 15) is 13.6 Å². The van der Waals surface area contributed by atoms with E-state index in [1.165, 1.54) is 18.4 Å². The number of nitrogens with zero attached hydrogens (tertiary/aromatic N) is 1. The van der Waals surface area contributed by atoms with Crippen molar-refractivity contribution in [2.75, 3.05) is 26.8 Å². The third-order valence-electron chi connectivity index (χ3n) is 5.75. The molecule has 21 heavy (non-hydrogen) atoms. The number of carbonyl (C=O) groups is 1. The minimum Gasteiger partial charge on any atom is -0.383 e. The molecule has 0 spiro atoms. The molecule has 4 saturated carbocycles. The highest BCUT2D eigenvalue weighted by atomic mass is 19.3. The molecule has 0 unspecified atom stereocenters. The molecule has 0 radical (unpaired) electrons. The largest absolute Gasteiger partial charge is 0.383 e. The minimum absolute atomic E-state index is 0.00611. The van der Waals surface area contributed by atoms with E-state index in [0.29, 0.717) is 18.4 Å². The molecule has 0 heterocycles. The lowest BCUT2D eigenvalue weighted by atomic mass is 9.51. The molecule has 4 bridgehead atoms. The highest BCUT2D eigenvalue weighted by Crippen LogP contribution is 2.56. The van der Waals surface area contributed by atoms with Gasteiger partial charge in [-0.25, -0.2) is 8.78 Å². The molecular weight excluding hydrogens is 276 g/mol. The number of hydrogen-bond acceptors (Lipinski definition) is 2. The lowest BCUT2D eigenvalue weighted by Gasteiger charge is -2.54. The molecular formula is C16H25F2NO2. The monoisotopic (exact) mass is 301 g/mol. The molecule has 0 aromatic heterocycles.